The number of carbonyl (C=O) groups is 2. The maximum atomic E-state index is 13.6. The molecule has 2 aliphatic rings. The first-order valence-corrected chi connectivity index (χ1v) is 12.8. The van der Waals surface area contributed by atoms with Crippen LogP contribution in [0.5, 0.6) is 0 Å². The molecule has 4 heterocycles. The Morgan fingerprint density at radius 3 is 2.50 bits per heavy atom. The number of carboxylic acids is 1. The van der Waals surface area contributed by atoms with Crippen molar-refractivity contribution in [3.8, 4) is 5.69 Å². The fourth-order valence-electron chi connectivity index (χ4n) is 5.15. The van der Waals surface area contributed by atoms with Crippen LogP contribution < -0.4 is 5.32 Å². The van der Waals surface area contributed by atoms with Gasteiger partial charge in [-0.2, -0.15) is 5.10 Å². The third kappa shape index (κ3) is 3.25. The fraction of sp³-hybridized carbons (Fsp3) is 0.192. The number of aryl methyl sites for hydroxylation is 1. The summed E-state index contributed by atoms with van der Waals surface area (Å²) in [4.78, 5) is 27.8. The van der Waals surface area contributed by atoms with E-state index in [-0.39, 0.29) is 23.2 Å². The van der Waals surface area contributed by atoms with Gasteiger partial charge >= 0.3 is 5.97 Å². The van der Waals surface area contributed by atoms with Crippen LogP contribution in [-0.2, 0) is 4.79 Å². The number of allylic oxidation sites excluding steroid dienone is 2. The standard InChI is InChI=1S/C26H21N3O3S2/c1-14-22-24(21-9-5-11-34-21)23-17(12-15(13-19(23)30)20-8-4-10-33-20)27-25(22)29(28-14)18-7-3-2-6-16(18)26(31)32/h2-11,15,24,27H,12-13H2,1H3,(H,31,32)/t15-,24-/m1/s1. The van der Waals surface area contributed by atoms with Gasteiger partial charge < -0.3 is 10.4 Å². The van der Waals surface area contributed by atoms with Crippen molar-refractivity contribution in [2.24, 2.45) is 0 Å². The van der Waals surface area contributed by atoms with E-state index in [1.54, 1.807) is 45.6 Å². The first-order valence-electron chi connectivity index (χ1n) is 11.0. The Hall–Kier alpha value is -3.49. The summed E-state index contributed by atoms with van der Waals surface area (Å²) in [6.07, 6.45) is 1.22. The van der Waals surface area contributed by atoms with Crippen LogP contribution >= 0.6 is 22.7 Å². The molecule has 0 saturated carbocycles. The van der Waals surface area contributed by atoms with Crippen LogP contribution in [0.15, 0.2) is 70.6 Å². The topological polar surface area (TPSA) is 84.2 Å². The highest BCUT2D eigenvalue weighted by atomic mass is 32.1. The van der Waals surface area contributed by atoms with E-state index in [1.807, 2.05) is 35.9 Å². The summed E-state index contributed by atoms with van der Waals surface area (Å²) in [6.45, 7) is 1.92. The van der Waals surface area contributed by atoms with Crippen LogP contribution in [0.3, 0.4) is 0 Å². The fourth-order valence-corrected chi connectivity index (χ4v) is 6.83. The lowest BCUT2D eigenvalue weighted by Gasteiger charge is -2.35. The number of carbonyl (C=O) groups excluding carboxylic acids is 1. The molecule has 170 valence electrons. The Kier molecular flexibility index (Phi) is 5.00. The molecule has 0 saturated heterocycles. The number of fused-ring (bicyclic) bond motifs is 1. The lowest BCUT2D eigenvalue weighted by atomic mass is 9.75. The van der Waals surface area contributed by atoms with E-state index in [4.69, 9.17) is 5.10 Å². The Morgan fingerprint density at radius 2 is 1.79 bits per heavy atom. The van der Waals surface area contributed by atoms with Gasteiger partial charge in [0.2, 0.25) is 0 Å². The van der Waals surface area contributed by atoms with Crippen LogP contribution in [0, 0.1) is 6.92 Å². The predicted molar refractivity (Wildman–Crippen MR) is 133 cm³/mol. The Balaban J connectivity index is 1.55. The number of thiophene rings is 2. The average molecular weight is 488 g/mol. The van der Waals surface area contributed by atoms with Crippen molar-refractivity contribution in [3.05, 3.63) is 97.1 Å². The molecule has 0 amide bonds. The van der Waals surface area contributed by atoms with Crippen LogP contribution in [0.25, 0.3) is 5.69 Å². The average Bonchev–Trinajstić information content (AvgIpc) is 3.60. The Morgan fingerprint density at radius 1 is 1.06 bits per heavy atom. The van der Waals surface area contributed by atoms with Crippen molar-refractivity contribution in [1.29, 1.82) is 0 Å². The van der Waals surface area contributed by atoms with Crippen LogP contribution in [0.1, 0.15) is 56.0 Å². The molecular formula is C26H21N3O3S2. The minimum Gasteiger partial charge on any atom is -0.478 e. The quantitative estimate of drug-likeness (QED) is 0.371. The molecule has 1 aromatic carbocycles. The summed E-state index contributed by atoms with van der Waals surface area (Å²) in [5.41, 5.74) is 4.12. The minimum atomic E-state index is -1.01. The van der Waals surface area contributed by atoms with Gasteiger partial charge in [-0.1, -0.05) is 24.3 Å². The normalized spacial score (nSPS) is 19.5. The van der Waals surface area contributed by atoms with Crippen molar-refractivity contribution in [2.45, 2.75) is 31.6 Å². The van der Waals surface area contributed by atoms with Gasteiger partial charge in [0.25, 0.3) is 0 Å². The second-order valence-corrected chi connectivity index (χ2v) is 10.5. The number of aromatic nitrogens is 2. The molecule has 0 radical (unpaired) electrons. The highest BCUT2D eigenvalue weighted by Gasteiger charge is 2.42. The minimum absolute atomic E-state index is 0.132. The second kappa shape index (κ2) is 8.07. The molecule has 0 spiro atoms. The first-order chi connectivity index (χ1) is 16.5. The maximum Gasteiger partial charge on any atom is 0.337 e. The zero-order valence-electron chi connectivity index (χ0n) is 18.3. The van der Waals surface area contributed by atoms with Crippen LogP contribution in [0.2, 0.25) is 0 Å². The zero-order chi connectivity index (χ0) is 23.4. The second-order valence-electron chi connectivity index (χ2n) is 8.59. The summed E-state index contributed by atoms with van der Waals surface area (Å²) in [5, 5.41) is 22.2. The Bertz CT molecular complexity index is 1450. The number of para-hydroxylation sites is 1. The van der Waals surface area contributed by atoms with Gasteiger partial charge in [0.1, 0.15) is 5.82 Å². The first kappa shape index (κ1) is 21.1. The molecule has 6 rings (SSSR count). The lowest BCUT2D eigenvalue weighted by molar-refractivity contribution is -0.116. The highest BCUT2D eigenvalue weighted by molar-refractivity contribution is 7.10. The number of rotatable bonds is 4. The Labute approximate surface area is 204 Å². The van der Waals surface area contributed by atoms with E-state index < -0.39 is 5.97 Å². The molecule has 1 aliphatic carbocycles. The van der Waals surface area contributed by atoms with Gasteiger partial charge in [0, 0.05) is 38.9 Å². The molecule has 0 bridgehead atoms. The van der Waals surface area contributed by atoms with Crippen LogP contribution in [0.4, 0.5) is 5.82 Å². The number of Topliss-reactive ketones (excluding diaryl/α,β-unsaturated/α-hetero) is 1. The molecule has 2 atom stereocenters. The monoisotopic (exact) mass is 487 g/mol. The number of nitrogens with one attached hydrogen (secondary N) is 1. The molecule has 6 nitrogen and oxygen atoms in total. The van der Waals surface area contributed by atoms with E-state index >= 15 is 0 Å². The van der Waals surface area contributed by atoms with E-state index in [0.29, 0.717) is 12.1 Å². The van der Waals surface area contributed by atoms with Crippen molar-refractivity contribution >= 4 is 40.2 Å². The highest BCUT2D eigenvalue weighted by Crippen LogP contribution is 2.50. The summed E-state index contributed by atoms with van der Waals surface area (Å²) < 4.78 is 1.69. The van der Waals surface area contributed by atoms with Gasteiger partial charge in [-0.15, -0.1) is 22.7 Å². The molecule has 0 unspecified atom stereocenters. The van der Waals surface area contributed by atoms with E-state index in [2.05, 4.69) is 17.4 Å². The number of aromatic carboxylic acids is 1. The molecule has 3 aromatic heterocycles. The molecule has 1 aliphatic heterocycles. The summed E-state index contributed by atoms with van der Waals surface area (Å²) in [7, 11) is 0. The van der Waals surface area contributed by atoms with E-state index in [9.17, 15) is 14.7 Å². The number of nitrogens with zero attached hydrogens (tertiary/aromatic N) is 2. The number of hydrogen-bond donors (Lipinski definition) is 2. The van der Waals surface area contributed by atoms with E-state index in [1.165, 1.54) is 4.88 Å². The van der Waals surface area contributed by atoms with Crippen molar-refractivity contribution < 1.29 is 14.7 Å². The van der Waals surface area contributed by atoms with Gasteiger partial charge in [-0.3, -0.25) is 4.79 Å². The number of hydrogen-bond acceptors (Lipinski definition) is 6. The number of anilines is 1. The molecular weight excluding hydrogens is 466 g/mol. The molecule has 2 N–H and O–H groups in total. The third-order valence-electron chi connectivity index (χ3n) is 6.60. The number of benzene rings is 1. The molecule has 8 heteroatoms. The van der Waals surface area contributed by atoms with Crippen molar-refractivity contribution in [2.75, 3.05) is 5.32 Å². The lowest BCUT2D eigenvalue weighted by Crippen LogP contribution is -2.30. The molecule has 34 heavy (non-hydrogen) atoms. The van der Waals surface area contributed by atoms with Gasteiger partial charge in [-0.05, 0) is 48.4 Å². The van der Waals surface area contributed by atoms with Gasteiger partial charge in [0.05, 0.1) is 22.9 Å². The number of carboxylic acid groups (broad SMARTS) is 1. The summed E-state index contributed by atoms with van der Waals surface area (Å²) >= 11 is 3.31. The van der Waals surface area contributed by atoms with Crippen molar-refractivity contribution in [1.82, 2.24) is 9.78 Å². The van der Waals surface area contributed by atoms with Gasteiger partial charge in [-0.25, -0.2) is 9.48 Å². The summed E-state index contributed by atoms with van der Waals surface area (Å²) in [5.74, 6) is -0.187. The predicted octanol–water partition coefficient (Wildman–Crippen LogP) is 5.96. The molecule has 4 aromatic rings. The SMILES string of the molecule is Cc1nn(-c2ccccc2C(=O)O)c2c1[C@@H](c1cccs1)C1=C(C[C@@H](c3cccs3)CC1=O)N2. The zero-order valence-corrected chi connectivity index (χ0v) is 20.0. The maximum absolute atomic E-state index is 13.6. The third-order valence-corrected chi connectivity index (χ3v) is 8.57. The van der Waals surface area contributed by atoms with Crippen molar-refractivity contribution in [3.63, 3.8) is 0 Å². The van der Waals surface area contributed by atoms with Crippen LogP contribution in [-0.4, -0.2) is 26.6 Å². The molecule has 0 fully saturated rings. The summed E-state index contributed by atoms with van der Waals surface area (Å²) in [6, 6.07) is 15.1. The van der Waals surface area contributed by atoms with Gasteiger partial charge in [0.15, 0.2) is 5.78 Å². The smallest absolute Gasteiger partial charge is 0.337 e. The van der Waals surface area contributed by atoms with E-state index in [0.717, 1.165) is 39.6 Å². The largest absolute Gasteiger partial charge is 0.478 e. The number of ketones is 1.